The van der Waals surface area contributed by atoms with Crippen molar-refractivity contribution in [3.63, 3.8) is 0 Å². The number of nitrogens with one attached hydrogen (secondary N) is 1. The first-order chi connectivity index (χ1) is 11.1. The highest BCUT2D eigenvalue weighted by Crippen LogP contribution is 2.17. The molecule has 1 aromatic rings. The van der Waals surface area contributed by atoms with Gasteiger partial charge in [-0.1, -0.05) is 32.9 Å². The molecule has 3 amide bonds. The lowest BCUT2D eigenvalue weighted by Gasteiger charge is -2.29. The molecule has 0 saturated heterocycles. The third kappa shape index (κ3) is 7.00. The van der Waals surface area contributed by atoms with Crippen molar-refractivity contribution in [1.29, 1.82) is 0 Å². The van der Waals surface area contributed by atoms with E-state index in [0.717, 1.165) is 5.56 Å². The van der Waals surface area contributed by atoms with Gasteiger partial charge in [-0.3, -0.25) is 4.79 Å². The fourth-order valence-corrected chi connectivity index (χ4v) is 2.28. The van der Waals surface area contributed by atoms with Gasteiger partial charge in [0.15, 0.2) is 0 Å². The molecule has 1 aromatic carbocycles. The van der Waals surface area contributed by atoms with Crippen molar-refractivity contribution in [2.45, 2.75) is 34.2 Å². The van der Waals surface area contributed by atoms with Crippen LogP contribution in [0.3, 0.4) is 0 Å². The summed E-state index contributed by atoms with van der Waals surface area (Å²) in [7, 11) is 1.74. The third-order valence-electron chi connectivity index (χ3n) is 3.46. The van der Waals surface area contributed by atoms with Gasteiger partial charge in [0.25, 0.3) is 0 Å². The van der Waals surface area contributed by atoms with E-state index in [1.165, 1.54) is 6.92 Å². The van der Waals surface area contributed by atoms with Crippen molar-refractivity contribution in [3.05, 3.63) is 29.8 Å². The minimum absolute atomic E-state index is 0.0104. The van der Waals surface area contributed by atoms with Gasteiger partial charge in [0.05, 0.1) is 6.61 Å². The molecule has 6 nitrogen and oxygen atoms in total. The molecule has 1 rings (SSSR count). The molecular weight excluding hydrogens is 306 g/mol. The van der Waals surface area contributed by atoms with Crippen LogP contribution in [0.1, 0.15) is 33.3 Å². The number of nitrogens with zero attached hydrogens (tertiary/aromatic N) is 2. The molecule has 0 unspecified atom stereocenters. The van der Waals surface area contributed by atoms with Gasteiger partial charge in [-0.15, -0.1) is 0 Å². The van der Waals surface area contributed by atoms with Gasteiger partial charge in [-0.2, -0.15) is 0 Å². The van der Waals surface area contributed by atoms with E-state index in [9.17, 15) is 14.7 Å². The van der Waals surface area contributed by atoms with Crippen molar-refractivity contribution in [2.75, 3.05) is 32.1 Å². The van der Waals surface area contributed by atoms with Crippen LogP contribution < -0.4 is 5.32 Å². The van der Waals surface area contributed by atoms with E-state index in [1.54, 1.807) is 16.8 Å². The average Bonchev–Trinajstić information content (AvgIpc) is 2.45. The summed E-state index contributed by atoms with van der Waals surface area (Å²) in [5.41, 5.74) is 1.56. The Balaban J connectivity index is 2.79. The number of aliphatic hydroxyl groups excluding tert-OH is 1. The quantitative estimate of drug-likeness (QED) is 0.839. The number of amides is 3. The van der Waals surface area contributed by atoms with Crippen molar-refractivity contribution in [1.82, 2.24) is 9.80 Å². The Hall–Kier alpha value is -2.08. The van der Waals surface area contributed by atoms with Gasteiger partial charge in [0.1, 0.15) is 0 Å². The van der Waals surface area contributed by atoms with E-state index >= 15 is 0 Å². The predicted molar refractivity (Wildman–Crippen MR) is 95.7 cm³/mol. The molecule has 0 spiro atoms. The Morgan fingerprint density at radius 3 is 2.46 bits per heavy atom. The SMILES string of the molecule is CC(=O)N(C)Cc1cccc(NC(=O)N(CCO)CC(C)(C)C)c1. The van der Waals surface area contributed by atoms with Gasteiger partial charge in [0.2, 0.25) is 5.91 Å². The van der Waals surface area contributed by atoms with Gasteiger partial charge < -0.3 is 20.2 Å². The highest BCUT2D eigenvalue weighted by atomic mass is 16.3. The van der Waals surface area contributed by atoms with Crippen LogP contribution in [0.4, 0.5) is 10.5 Å². The standard InChI is InChI=1S/C18H29N3O3/c1-14(23)20(5)12-15-7-6-8-16(11-15)19-17(24)21(9-10-22)13-18(2,3)4/h6-8,11,22H,9-10,12-13H2,1-5H3,(H,19,24). The van der Waals surface area contributed by atoms with E-state index in [0.29, 0.717) is 18.8 Å². The summed E-state index contributed by atoms with van der Waals surface area (Å²) in [5, 5.41) is 12.0. The smallest absolute Gasteiger partial charge is 0.321 e. The minimum atomic E-state index is -0.240. The lowest BCUT2D eigenvalue weighted by molar-refractivity contribution is -0.128. The predicted octanol–water partition coefficient (Wildman–Crippen LogP) is 2.54. The lowest BCUT2D eigenvalue weighted by Crippen LogP contribution is -2.42. The fourth-order valence-electron chi connectivity index (χ4n) is 2.28. The van der Waals surface area contributed by atoms with Crippen LogP contribution in [0.2, 0.25) is 0 Å². The van der Waals surface area contributed by atoms with Gasteiger partial charge >= 0.3 is 6.03 Å². The van der Waals surface area contributed by atoms with Crippen LogP contribution in [0.5, 0.6) is 0 Å². The Morgan fingerprint density at radius 1 is 1.25 bits per heavy atom. The number of rotatable bonds is 6. The maximum atomic E-state index is 12.5. The number of hydrogen-bond donors (Lipinski definition) is 2. The van der Waals surface area contributed by atoms with E-state index in [2.05, 4.69) is 5.32 Å². The van der Waals surface area contributed by atoms with Gasteiger partial charge in [-0.05, 0) is 23.1 Å². The average molecular weight is 335 g/mol. The summed E-state index contributed by atoms with van der Waals surface area (Å²) >= 11 is 0. The molecule has 0 aliphatic carbocycles. The first-order valence-electron chi connectivity index (χ1n) is 8.10. The minimum Gasteiger partial charge on any atom is -0.395 e. The van der Waals surface area contributed by atoms with Gasteiger partial charge in [-0.25, -0.2) is 4.79 Å². The number of hydrogen-bond acceptors (Lipinski definition) is 3. The molecule has 0 heterocycles. The number of carbonyl (C=O) groups excluding carboxylic acids is 2. The fraction of sp³-hybridized carbons (Fsp3) is 0.556. The number of carbonyl (C=O) groups is 2. The zero-order chi connectivity index (χ0) is 18.3. The molecule has 0 radical (unpaired) electrons. The molecule has 0 saturated carbocycles. The van der Waals surface area contributed by atoms with Crippen LogP contribution in [-0.4, -0.2) is 53.6 Å². The van der Waals surface area contributed by atoms with Crippen molar-refractivity contribution < 1.29 is 14.7 Å². The summed E-state index contributed by atoms with van der Waals surface area (Å²) in [6, 6.07) is 7.18. The summed E-state index contributed by atoms with van der Waals surface area (Å²) in [6.07, 6.45) is 0. The molecule has 134 valence electrons. The van der Waals surface area contributed by atoms with E-state index in [-0.39, 0.29) is 30.5 Å². The normalized spacial score (nSPS) is 11.1. The van der Waals surface area contributed by atoms with Crippen LogP contribution in [-0.2, 0) is 11.3 Å². The Kier molecular flexibility index (Phi) is 7.22. The highest BCUT2D eigenvalue weighted by molar-refractivity contribution is 5.89. The molecule has 2 N–H and O–H groups in total. The van der Waals surface area contributed by atoms with E-state index in [1.807, 2.05) is 45.0 Å². The Morgan fingerprint density at radius 2 is 1.92 bits per heavy atom. The second kappa shape index (κ2) is 8.68. The van der Waals surface area contributed by atoms with E-state index < -0.39 is 0 Å². The summed E-state index contributed by atoms with van der Waals surface area (Å²) in [4.78, 5) is 27.0. The lowest BCUT2D eigenvalue weighted by atomic mass is 9.96. The zero-order valence-corrected chi connectivity index (χ0v) is 15.3. The topological polar surface area (TPSA) is 72.9 Å². The number of benzene rings is 1. The number of aliphatic hydroxyl groups is 1. The summed E-state index contributed by atoms with van der Waals surface area (Å²) in [6.45, 7) is 8.90. The monoisotopic (exact) mass is 335 g/mol. The van der Waals surface area contributed by atoms with E-state index in [4.69, 9.17) is 0 Å². The van der Waals surface area contributed by atoms with Crippen molar-refractivity contribution >= 4 is 17.6 Å². The van der Waals surface area contributed by atoms with Crippen LogP contribution in [0.15, 0.2) is 24.3 Å². The molecular formula is C18H29N3O3. The Labute approximate surface area is 144 Å². The molecule has 0 fully saturated rings. The van der Waals surface area contributed by atoms with Crippen LogP contribution in [0, 0.1) is 5.41 Å². The first kappa shape index (κ1) is 20.0. The maximum Gasteiger partial charge on any atom is 0.321 e. The summed E-state index contributed by atoms with van der Waals surface area (Å²) in [5.74, 6) is -0.0104. The van der Waals surface area contributed by atoms with Crippen LogP contribution >= 0.6 is 0 Å². The third-order valence-corrected chi connectivity index (χ3v) is 3.46. The number of anilines is 1. The molecule has 24 heavy (non-hydrogen) atoms. The molecule has 0 atom stereocenters. The largest absolute Gasteiger partial charge is 0.395 e. The molecule has 0 aliphatic rings. The molecule has 0 aliphatic heterocycles. The van der Waals surface area contributed by atoms with Gasteiger partial charge in [0, 0.05) is 39.3 Å². The Bertz CT molecular complexity index is 567. The highest BCUT2D eigenvalue weighted by Gasteiger charge is 2.20. The molecule has 0 bridgehead atoms. The van der Waals surface area contributed by atoms with Crippen LogP contribution in [0.25, 0.3) is 0 Å². The summed E-state index contributed by atoms with van der Waals surface area (Å²) < 4.78 is 0. The second-order valence-corrected chi connectivity index (χ2v) is 7.21. The van der Waals surface area contributed by atoms with Crippen molar-refractivity contribution in [3.8, 4) is 0 Å². The molecule has 0 aromatic heterocycles. The maximum absolute atomic E-state index is 12.5. The first-order valence-corrected chi connectivity index (χ1v) is 8.10. The zero-order valence-electron chi connectivity index (χ0n) is 15.3. The van der Waals surface area contributed by atoms with Crippen molar-refractivity contribution in [2.24, 2.45) is 5.41 Å². The number of urea groups is 1. The molecule has 6 heteroatoms. The second-order valence-electron chi connectivity index (χ2n) is 7.21.